The average Bonchev–Trinajstić information content (AvgIpc) is 2.79. The molecule has 0 amide bonds. The number of hydrogen-bond acceptors (Lipinski definition) is 6. The summed E-state index contributed by atoms with van der Waals surface area (Å²) in [5.41, 5.74) is 2.04. The SMILES string of the molecule is Cc1cc(Nc2nccc(C(F)(F)F)n2)cc(-c2ccc(Oc3ccc(C(=O)O)cc3)nc2)c1. The van der Waals surface area contributed by atoms with E-state index in [0.717, 1.165) is 29.0 Å². The van der Waals surface area contributed by atoms with Crippen LogP contribution >= 0.6 is 0 Å². The molecule has 0 saturated heterocycles. The van der Waals surface area contributed by atoms with E-state index in [0.29, 0.717) is 17.3 Å². The molecule has 0 unspecified atom stereocenters. The smallest absolute Gasteiger partial charge is 0.433 e. The molecule has 2 heterocycles. The molecule has 2 aromatic heterocycles. The van der Waals surface area contributed by atoms with E-state index in [4.69, 9.17) is 9.84 Å². The summed E-state index contributed by atoms with van der Waals surface area (Å²) in [7, 11) is 0. The van der Waals surface area contributed by atoms with Crippen molar-refractivity contribution in [2.24, 2.45) is 0 Å². The summed E-state index contributed by atoms with van der Waals surface area (Å²) >= 11 is 0. The van der Waals surface area contributed by atoms with Crippen LogP contribution in [0.1, 0.15) is 21.6 Å². The van der Waals surface area contributed by atoms with Crippen LogP contribution in [0.2, 0.25) is 0 Å². The Hall–Kier alpha value is -4.47. The van der Waals surface area contributed by atoms with E-state index in [2.05, 4.69) is 20.3 Å². The number of aromatic carboxylic acids is 1. The highest BCUT2D eigenvalue weighted by molar-refractivity contribution is 5.87. The first-order chi connectivity index (χ1) is 16.2. The molecular formula is C24H17F3N4O3. The molecule has 0 radical (unpaired) electrons. The summed E-state index contributed by atoms with van der Waals surface area (Å²) in [5, 5.41) is 11.8. The van der Waals surface area contributed by atoms with Gasteiger partial charge < -0.3 is 15.2 Å². The lowest BCUT2D eigenvalue weighted by Gasteiger charge is -2.11. The quantitative estimate of drug-likeness (QED) is 0.354. The number of nitrogens with one attached hydrogen (secondary N) is 1. The highest BCUT2D eigenvalue weighted by atomic mass is 19.4. The fourth-order valence-electron chi connectivity index (χ4n) is 3.13. The van der Waals surface area contributed by atoms with Crippen LogP contribution in [-0.4, -0.2) is 26.0 Å². The number of alkyl halides is 3. The molecule has 0 fully saturated rings. The Morgan fingerprint density at radius 3 is 2.38 bits per heavy atom. The molecule has 0 saturated carbocycles. The summed E-state index contributed by atoms with van der Waals surface area (Å²) < 4.78 is 44.4. The molecule has 0 spiro atoms. The van der Waals surface area contributed by atoms with Crippen molar-refractivity contribution in [1.82, 2.24) is 15.0 Å². The zero-order chi connectivity index (χ0) is 24.3. The molecule has 4 rings (SSSR count). The number of aryl methyl sites for hydroxylation is 1. The Morgan fingerprint density at radius 2 is 1.74 bits per heavy atom. The van der Waals surface area contributed by atoms with Crippen LogP contribution in [-0.2, 0) is 6.18 Å². The number of aromatic nitrogens is 3. The van der Waals surface area contributed by atoms with Gasteiger partial charge in [-0.05, 0) is 66.6 Å². The van der Waals surface area contributed by atoms with Crippen molar-refractivity contribution in [2.75, 3.05) is 5.32 Å². The number of hydrogen-bond donors (Lipinski definition) is 2. The summed E-state index contributed by atoms with van der Waals surface area (Å²) in [6, 6.07) is 15.6. The maximum atomic E-state index is 12.9. The van der Waals surface area contributed by atoms with Crippen molar-refractivity contribution in [2.45, 2.75) is 13.1 Å². The molecule has 0 bridgehead atoms. The molecule has 0 aliphatic heterocycles. The van der Waals surface area contributed by atoms with Gasteiger partial charge in [-0.2, -0.15) is 13.2 Å². The van der Waals surface area contributed by atoms with E-state index in [1.54, 1.807) is 30.5 Å². The number of benzene rings is 2. The van der Waals surface area contributed by atoms with Crippen LogP contribution in [0.25, 0.3) is 11.1 Å². The highest BCUT2D eigenvalue weighted by Crippen LogP contribution is 2.30. The zero-order valence-corrected chi connectivity index (χ0v) is 17.7. The van der Waals surface area contributed by atoms with Gasteiger partial charge in [0.25, 0.3) is 0 Å². The Bertz CT molecular complexity index is 1320. The van der Waals surface area contributed by atoms with Gasteiger partial charge >= 0.3 is 12.1 Å². The monoisotopic (exact) mass is 466 g/mol. The molecule has 10 heteroatoms. The van der Waals surface area contributed by atoms with Gasteiger partial charge in [0.15, 0.2) is 0 Å². The summed E-state index contributed by atoms with van der Waals surface area (Å²) in [4.78, 5) is 22.6. The Labute approximate surface area is 191 Å². The number of carbonyl (C=O) groups is 1. The first-order valence-corrected chi connectivity index (χ1v) is 9.94. The third kappa shape index (κ3) is 5.47. The van der Waals surface area contributed by atoms with Crippen LogP contribution in [0.4, 0.5) is 24.8 Å². The van der Waals surface area contributed by atoms with Crippen LogP contribution in [0, 0.1) is 6.92 Å². The number of anilines is 2. The van der Waals surface area contributed by atoms with Crippen molar-refractivity contribution >= 4 is 17.6 Å². The summed E-state index contributed by atoms with van der Waals surface area (Å²) in [6.07, 6.45) is -1.92. The minimum Gasteiger partial charge on any atom is -0.478 e. The van der Waals surface area contributed by atoms with Crippen LogP contribution < -0.4 is 10.1 Å². The van der Waals surface area contributed by atoms with Gasteiger partial charge in [0.1, 0.15) is 11.4 Å². The van der Waals surface area contributed by atoms with E-state index >= 15 is 0 Å². The normalized spacial score (nSPS) is 11.2. The van der Waals surface area contributed by atoms with Crippen molar-refractivity contribution in [3.63, 3.8) is 0 Å². The molecular weight excluding hydrogens is 449 g/mol. The van der Waals surface area contributed by atoms with E-state index in [9.17, 15) is 18.0 Å². The molecule has 7 nitrogen and oxygen atoms in total. The van der Waals surface area contributed by atoms with Gasteiger partial charge in [0.05, 0.1) is 5.56 Å². The van der Waals surface area contributed by atoms with E-state index in [-0.39, 0.29) is 11.5 Å². The molecule has 0 aliphatic carbocycles. The first kappa shape index (κ1) is 22.7. The topological polar surface area (TPSA) is 97.2 Å². The van der Waals surface area contributed by atoms with Crippen LogP contribution in [0.15, 0.2) is 73.1 Å². The number of halogens is 3. The molecule has 0 aliphatic rings. The van der Waals surface area contributed by atoms with Gasteiger partial charge in [0.2, 0.25) is 11.8 Å². The third-order valence-corrected chi connectivity index (χ3v) is 4.67. The second-order valence-electron chi connectivity index (χ2n) is 7.29. The number of rotatable bonds is 6. The second-order valence-corrected chi connectivity index (χ2v) is 7.29. The molecule has 172 valence electrons. The average molecular weight is 466 g/mol. The van der Waals surface area contributed by atoms with E-state index in [1.807, 2.05) is 13.0 Å². The Balaban J connectivity index is 1.52. The largest absolute Gasteiger partial charge is 0.478 e. The van der Waals surface area contributed by atoms with Gasteiger partial charge in [-0.25, -0.2) is 19.7 Å². The first-order valence-electron chi connectivity index (χ1n) is 9.94. The maximum absolute atomic E-state index is 12.9. The van der Waals surface area contributed by atoms with Crippen LogP contribution in [0.3, 0.4) is 0 Å². The Morgan fingerprint density at radius 1 is 0.971 bits per heavy atom. The number of ether oxygens (including phenoxy) is 1. The predicted molar refractivity (Wildman–Crippen MR) is 118 cm³/mol. The third-order valence-electron chi connectivity index (χ3n) is 4.67. The Kier molecular flexibility index (Phi) is 6.13. The second kappa shape index (κ2) is 9.18. The summed E-state index contributed by atoms with van der Waals surface area (Å²) in [5.74, 6) is -0.439. The van der Waals surface area contributed by atoms with Crippen molar-refractivity contribution in [3.8, 4) is 22.8 Å². The fourth-order valence-corrected chi connectivity index (χ4v) is 3.13. The lowest BCUT2D eigenvalue weighted by molar-refractivity contribution is -0.141. The van der Waals surface area contributed by atoms with Gasteiger partial charge in [-0.1, -0.05) is 6.07 Å². The minimum atomic E-state index is -4.56. The predicted octanol–water partition coefficient (Wildman–Crippen LogP) is 6.10. The number of pyridine rings is 1. The molecule has 34 heavy (non-hydrogen) atoms. The van der Waals surface area contributed by atoms with Gasteiger partial charge in [0, 0.05) is 29.7 Å². The van der Waals surface area contributed by atoms with Crippen molar-refractivity contribution in [1.29, 1.82) is 0 Å². The van der Waals surface area contributed by atoms with Crippen molar-refractivity contribution < 1.29 is 27.8 Å². The molecule has 2 aromatic carbocycles. The highest BCUT2D eigenvalue weighted by Gasteiger charge is 2.32. The molecule has 4 aromatic rings. The standard InChI is InChI=1S/C24H17F3N4O3/c1-14-10-17(12-18(11-14)30-23-28-9-8-20(31-23)24(25,26)27)16-4-7-21(29-13-16)34-19-5-2-15(3-6-19)22(32)33/h2-13H,1H3,(H,32,33)(H,28,30,31). The van der Waals surface area contributed by atoms with Crippen LogP contribution in [0.5, 0.6) is 11.6 Å². The number of carboxylic acids is 1. The van der Waals surface area contributed by atoms with E-state index < -0.39 is 17.8 Å². The maximum Gasteiger partial charge on any atom is 0.433 e. The summed E-state index contributed by atoms with van der Waals surface area (Å²) in [6.45, 7) is 1.85. The van der Waals surface area contributed by atoms with Gasteiger partial charge in [-0.15, -0.1) is 0 Å². The number of nitrogens with zero attached hydrogens (tertiary/aromatic N) is 3. The minimum absolute atomic E-state index is 0.148. The number of carboxylic acid groups (broad SMARTS) is 1. The van der Waals surface area contributed by atoms with Gasteiger partial charge in [-0.3, -0.25) is 0 Å². The molecule has 0 atom stereocenters. The fraction of sp³-hybridized carbons (Fsp3) is 0.0833. The molecule has 2 N–H and O–H groups in total. The lowest BCUT2D eigenvalue weighted by atomic mass is 10.0. The zero-order valence-electron chi connectivity index (χ0n) is 17.7. The van der Waals surface area contributed by atoms with Crippen molar-refractivity contribution in [3.05, 3.63) is 89.9 Å². The lowest BCUT2D eigenvalue weighted by Crippen LogP contribution is -2.10. The van der Waals surface area contributed by atoms with E-state index in [1.165, 1.54) is 24.3 Å².